The summed E-state index contributed by atoms with van der Waals surface area (Å²) in [7, 11) is 3.28. The number of methoxy groups -OCH3 is 1. The van der Waals surface area contributed by atoms with E-state index in [9.17, 15) is 9.18 Å². The summed E-state index contributed by atoms with van der Waals surface area (Å²) in [6, 6.07) is 4.54. The third-order valence-corrected chi connectivity index (χ3v) is 3.48. The fourth-order valence-corrected chi connectivity index (χ4v) is 2.52. The largest absolute Gasteiger partial charge is 0.494 e. The molecule has 1 aliphatic heterocycles. The van der Waals surface area contributed by atoms with E-state index in [0.29, 0.717) is 5.56 Å². The smallest absolute Gasteiger partial charge is 0.254 e. The molecule has 1 aliphatic rings. The molecule has 0 bridgehead atoms. The van der Waals surface area contributed by atoms with Crippen molar-refractivity contribution in [3.05, 3.63) is 29.6 Å². The van der Waals surface area contributed by atoms with Gasteiger partial charge in [-0.15, -0.1) is 0 Å². The number of likely N-dealkylation sites (N-methyl/N-ethyl adjacent to an activating group) is 1. The van der Waals surface area contributed by atoms with Crippen LogP contribution in [0.1, 0.15) is 23.2 Å². The van der Waals surface area contributed by atoms with E-state index in [2.05, 4.69) is 5.32 Å². The van der Waals surface area contributed by atoms with Crippen LogP contribution in [0.3, 0.4) is 0 Å². The van der Waals surface area contributed by atoms with E-state index in [1.54, 1.807) is 6.07 Å². The highest BCUT2D eigenvalue weighted by atomic mass is 19.1. The number of nitrogens with one attached hydrogen (secondary N) is 1. The van der Waals surface area contributed by atoms with E-state index in [-0.39, 0.29) is 17.7 Å². The van der Waals surface area contributed by atoms with Crippen LogP contribution in [0, 0.1) is 5.82 Å². The number of rotatable bonds is 4. The van der Waals surface area contributed by atoms with Gasteiger partial charge in [0.15, 0.2) is 11.6 Å². The number of nitrogens with zero attached hydrogens (tertiary/aromatic N) is 1. The van der Waals surface area contributed by atoms with E-state index >= 15 is 0 Å². The number of carbonyl (C=O) groups excluding carboxylic acids is 1. The Hall–Kier alpha value is -1.62. The monoisotopic (exact) mass is 266 g/mol. The van der Waals surface area contributed by atoms with Crippen molar-refractivity contribution < 1.29 is 13.9 Å². The van der Waals surface area contributed by atoms with E-state index in [1.165, 1.54) is 19.2 Å². The first-order valence-electron chi connectivity index (χ1n) is 6.46. The van der Waals surface area contributed by atoms with Crippen LogP contribution in [-0.2, 0) is 0 Å². The highest BCUT2D eigenvalue weighted by Crippen LogP contribution is 2.22. The Balaban J connectivity index is 2.17. The molecule has 1 amide bonds. The van der Waals surface area contributed by atoms with Crippen molar-refractivity contribution >= 4 is 5.91 Å². The summed E-state index contributed by atoms with van der Waals surface area (Å²) in [5.74, 6) is -0.457. The van der Waals surface area contributed by atoms with Crippen LogP contribution < -0.4 is 10.1 Å². The molecule has 1 N–H and O–H groups in total. The lowest BCUT2D eigenvalue weighted by Gasteiger charge is -2.24. The second-order valence-electron chi connectivity index (χ2n) is 4.70. The highest BCUT2D eigenvalue weighted by Gasteiger charge is 2.29. The zero-order valence-corrected chi connectivity index (χ0v) is 11.3. The minimum Gasteiger partial charge on any atom is -0.494 e. The van der Waals surface area contributed by atoms with Gasteiger partial charge in [0.05, 0.1) is 7.11 Å². The SMILES string of the molecule is CNCC1CCCN1C(=O)c1ccc(OC)c(F)c1. The molecule has 104 valence electrons. The molecule has 1 aromatic rings. The molecule has 4 nitrogen and oxygen atoms in total. The normalized spacial score (nSPS) is 18.7. The second-order valence-corrected chi connectivity index (χ2v) is 4.70. The molecule has 5 heteroatoms. The van der Waals surface area contributed by atoms with Crippen molar-refractivity contribution in [1.82, 2.24) is 10.2 Å². The summed E-state index contributed by atoms with van der Waals surface area (Å²) in [5.41, 5.74) is 0.376. The Bertz CT molecular complexity index is 465. The van der Waals surface area contributed by atoms with Crippen molar-refractivity contribution in [1.29, 1.82) is 0 Å². The van der Waals surface area contributed by atoms with E-state index < -0.39 is 5.82 Å². The highest BCUT2D eigenvalue weighted by molar-refractivity contribution is 5.94. The van der Waals surface area contributed by atoms with Gasteiger partial charge in [-0.05, 0) is 38.1 Å². The molecule has 19 heavy (non-hydrogen) atoms. The third-order valence-electron chi connectivity index (χ3n) is 3.48. The average Bonchev–Trinajstić information content (AvgIpc) is 2.86. The van der Waals surface area contributed by atoms with E-state index in [4.69, 9.17) is 4.74 Å². The Morgan fingerprint density at radius 1 is 1.58 bits per heavy atom. The van der Waals surface area contributed by atoms with Crippen LogP contribution in [0.25, 0.3) is 0 Å². The number of amides is 1. The van der Waals surface area contributed by atoms with Gasteiger partial charge in [0.2, 0.25) is 0 Å². The molecule has 0 saturated carbocycles. The number of benzene rings is 1. The fraction of sp³-hybridized carbons (Fsp3) is 0.500. The number of hydrogen-bond acceptors (Lipinski definition) is 3. The van der Waals surface area contributed by atoms with Gasteiger partial charge in [-0.3, -0.25) is 4.79 Å². The third kappa shape index (κ3) is 2.87. The number of likely N-dealkylation sites (tertiary alicyclic amines) is 1. The molecule has 1 fully saturated rings. The topological polar surface area (TPSA) is 41.6 Å². The van der Waals surface area contributed by atoms with Crippen LogP contribution in [0.5, 0.6) is 5.75 Å². The van der Waals surface area contributed by atoms with E-state index in [1.807, 2.05) is 11.9 Å². The number of carbonyl (C=O) groups is 1. The maximum Gasteiger partial charge on any atom is 0.254 e. The molecule has 1 atom stereocenters. The minimum absolute atomic E-state index is 0.112. The maximum atomic E-state index is 13.6. The standard InChI is InChI=1S/C14H19FN2O2/c1-16-9-11-4-3-7-17(11)14(18)10-5-6-13(19-2)12(15)8-10/h5-6,8,11,16H,3-4,7,9H2,1-2H3. The molecule has 0 spiro atoms. The molecule has 0 radical (unpaired) electrons. The average molecular weight is 266 g/mol. The Kier molecular flexibility index (Phi) is 4.37. The molecule has 2 rings (SSSR count). The van der Waals surface area contributed by atoms with Gasteiger partial charge in [0, 0.05) is 24.7 Å². The second kappa shape index (κ2) is 6.02. The van der Waals surface area contributed by atoms with Crippen molar-refractivity contribution in [2.45, 2.75) is 18.9 Å². The van der Waals surface area contributed by atoms with Gasteiger partial charge in [0.1, 0.15) is 0 Å². The summed E-state index contributed by atoms with van der Waals surface area (Å²) < 4.78 is 18.5. The Morgan fingerprint density at radius 2 is 2.37 bits per heavy atom. The molecule has 1 saturated heterocycles. The summed E-state index contributed by atoms with van der Waals surface area (Å²) >= 11 is 0. The predicted octanol–water partition coefficient (Wildman–Crippen LogP) is 1.66. The molecule has 0 aliphatic carbocycles. The quantitative estimate of drug-likeness (QED) is 0.901. The first-order valence-corrected chi connectivity index (χ1v) is 6.46. The van der Waals surface area contributed by atoms with Gasteiger partial charge < -0.3 is 15.0 Å². The van der Waals surface area contributed by atoms with Gasteiger partial charge in [-0.2, -0.15) is 0 Å². The van der Waals surface area contributed by atoms with Crippen LogP contribution in [0.15, 0.2) is 18.2 Å². The van der Waals surface area contributed by atoms with Crippen LogP contribution >= 0.6 is 0 Å². The van der Waals surface area contributed by atoms with Gasteiger partial charge in [-0.25, -0.2) is 4.39 Å². The van der Waals surface area contributed by atoms with Crippen molar-refractivity contribution in [3.63, 3.8) is 0 Å². The summed E-state index contributed by atoms with van der Waals surface area (Å²) in [4.78, 5) is 14.2. The fourth-order valence-electron chi connectivity index (χ4n) is 2.52. The lowest BCUT2D eigenvalue weighted by molar-refractivity contribution is 0.0736. The van der Waals surface area contributed by atoms with Crippen LogP contribution in [0.4, 0.5) is 4.39 Å². The van der Waals surface area contributed by atoms with Crippen molar-refractivity contribution in [2.75, 3.05) is 27.2 Å². The van der Waals surface area contributed by atoms with E-state index in [0.717, 1.165) is 25.9 Å². The lowest BCUT2D eigenvalue weighted by atomic mass is 10.1. The Morgan fingerprint density at radius 3 is 3.00 bits per heavy atom. The zero-order chi connectivity index (χ0) is 13.8. The summed E-state index contributed by atoms with van der Waals surface area (Å²) in [6.07, 6.45) is 1.99. The van der Waals surface area contributed by atoms with Crippen LogP contribution in [-0.4, -0.2) is 44.1 Å². The van der Waals surface area contributed by atoms with Crippen molar-refractivity contribution in [2.24, 2.45) is 0 Å². The molecule has 0 aromatic heterocycles. The molecular weight excluding hydrogens is 247 g/mol. The van der Waals surface area contributed by atoms with Gasteiger partial charge in [-0.1, -0.05) is 0 Å². The predicted molar refractivity (Wildman–Crippen MR) is 70.9 cm³/mol. The number of hydrogen-bond donors (Lipinski definition) is 1. The molecule has 1 aromatic carbocycles. The first-order chi connectivity index (χ1) is 9.17. The maximum absolute atomic E-state index is 13.6. The first kappa shape index (κ1) is 13.8. The molecule has 1 unspecified atom stereocenters. The lowest BCUT2D eigenvalue weighted by Crippen LogP contribution is -2.40. The number of halogens is 1. The molecule has 1 heterocycles. The van der Waals surface area contributed by atoms with Crippen molar-refractivity contribution in [3.8, 4) is 5.75 Å². The minimum atomic E-state index is -0.502. The number of ether oxygens (including phenoxy) is 1. The summed E-state index contributed by atoms with van der Waals surface area (Å²) in [6.45, 7) is 1.50. The van der Waals surface area contributed by atoms with Crippen LogP contribution in [0.2, 0.25) is 0 Å². The van der Waals surface area contributed by atoms with Gasteiger partial charge in [0.25, 0.3) is 5.91 Å². The Labute approximate surface area is 112 Å². The van der Waals surface area contributed by atoms with Gasteiger partial charge >= 0.3 is 0 Å². The molecular formula is C14H19FN2O2. The zero-order valence-electron chi connectivity index (χ0n) is 11.3. The summed E-state index contributed by atoms with van der Waals surface area (Å²) in [5, 5.41) is 3.09.